The zero-order valence-corrected chi connectivity index (χ0v) is 11.0. The van der Waals surface area contributed by atoms with Gasteiger partial charge in [-0.25, -0.2) is 0 Å². The molecule has 3 heteroatoms. The van der Waals surface area contributed by atoms with Crippen molar-refractivity contribution in [2.45, 2.75) is 38.1 Å². The van der Waals surface area contributed by atoms with Crippen LogP contribution in [0.1, 0.15) is 37.7 Å². The van der Waals surface area contributed by atoms with Gasteiger partial charge in [0.25, 0.3) is 0 Å². The number of hydrogen-bond donors (Lipinski definition) is 1. The van der Waals surface area contributed by atoms with E-state index in [0.717, 1.165) is 25.9 Å². The molecule has 0 spiro atoms. The quantitative estimate of drug-likeness (QED) is 0.888. The van der Waals surface area contributed by atoms with Gasteiger partial charge in [-0.3, -0.25) is 4.79 Å². The molecule has 2 atom stereocenters. The van der Waals surface area contributed by atoms with Crippen LogP contribution in [0.25, 0.3) is 0 Å². The minimum absolute atomic E-state index is 0.162. The van der Waals surface area contributed by atoms with E-state index in [2.05, 4.69) is 19.1 Å². The van der Waals surface area contributed by atoms with E-state index >= 15 is 0 Å². The van der Waals surface area contributed by atoms with Gasteiger partial charge in [-0.1, -0.05) is 37.3 Å². The largest absolute Gasteiger partial charge is 0.341 e. The van der Waals surface area contributed by atoms with Crippen molar-refractivity contribution >= 4 is 5.91 Å². The first-order chi connectivity index (χ1) is 8.66. The Balaban J connectivity index is 1.91. The lowest BCUT2D eigenvalue weighted by atomic mass is 9.96. The Morgan fingerprint density at radius 2 is 2.17 bits per heavy atom. The van der Waals surface area contributed by atoms with Crippen LogP contribution < -0.4 is 5.73 Å². The lowest BCUT2D eigenvalue weighted by Gasteiger charge is -2.31. The van der Waals surface area contributed by atoms with Crippen LogP contribution in [0.4, 0.5) is 0 Å². The van der Waals surface area contributed by atoms with Crippen molar-refractivity contribution in [2.24, 2.45) is 5.73 Å². The summed E-state index contributed by atoms with van der Waals surface area (Å²) < 4.78 is 0. The summed E-state index contributed by atoms with van der Waals surface area (Å²) in [5.74, 6) is 0.512. The summed E-state index contributed by atoms with van der Waals surface area (Å²) in [7, 11) is 0. The van der Waals surface area contributed by atoms with E-state index < -0.39 is 0 Å². The Labute approximate surface area is 109 Å². The van der Waals surface area contributed by atoms with Crippen molar-refractivity contribution in [3.8, 4) is 0 Å². The van der Waals surface area contributed by atoms with Crippen LogP contribution in [0.15, 0.2) is 30.3 Å². The summed E-state index contributed by atoms with van der Waals surface area (Å²) in [6.07, 6.45) is 2.65. The summed E-state index contributed by atoms with van der Waals surface area (Å²) >= 11 is 0. The summed E-state index contributed by atoms with van der Waals surface area (Å²) in [6.45, 7) is 3.70. The monoisotopic (exact) mass is 246 g/mol. The number of carbonyl (C=O) groups excluding carboxylic acids is 1. The Morgan fingerprint density at radius 3 is 2.83 bits per heavy atom. The summed E-state index contributed by atoms with van der Waals surface area (Å²) in [6, 6.07) is 10.4. The van der Waals surface area contributed by atoms with Gasteiger partial charge in [0.05, 0.1) is 0 Å². The normalized spacial score (nSPS) is 21.7. The molecular weight excluding hydrogens is 224 g/mol. The Morgan fingerprint density at radius 1 is 1.44 bits per heavy atom. The fourth-order valence-electron chi connectivity index (χ4n) is 2.53. The molecule has 1 heterocycles. The molecule has 0 aromatic heterocycles. The van der Waals surface area contributed by atoms with E-state index in [1.165, 1.54) is 5.56 Å². The maximum atomic E-state index is 12.2. The average molecular weight is 246 g/mol. The van der Waals surface area contributed by atoms with Gasteiger partial charge in [0.1, 0.15) is 0 Å². The van der Waals surface area contributed by atoms with E-state index in [-0.39, 0.29) is 17.9 Å². The van der Waals surface area contributed by atoms with Crippen molar-refractivity contribution in [2.75, 3.05) is 13.1 Å². The van der Waals surface area contributed by atoms with Crippen molar-refractivity contribution < 1.29 is 4.79 Å². The topological polar surface area (TPSA) is 46.3 Å². The highest BCUT2D eigenvalue weighted by molar-refractivity contribution is 5.77. The van der Waals surface area contributed by atoms with Gasteiger partial charge in [0.15, 0.2) is 0 Å². The molecule has 3 nitrogen and oxygen atoms in total. The predicted octanol–water partition coefficient (Wildman–Crippen LogP) is 2.13. The highest BCUT2D eigenvalue weighted by atomic mass is 16.2. The Bertz CT molecular complexity index is 391. The average Bonchev–Trinajstić information content (AvgIpc) is 2.39. The standard InChI is InChI=1S/C15H22N2O/c1-12(13-6-3-2-4-7-13)10-15(18)17-9-5-8-14(16)11-17/h2-4,6-7,12,14H,5,8-11,16H2,1H3. The summed E-state index contributed by atoms with van der Waals surface area (Å²) in [4.78, 5) is 14.1. The van der Waals surface area contributed by atoms with E-state index in [4.69, 9.17) is 5.73 Å². The molecule has 2 unspecified atom stereocenters. The molecule has 18 heavy (non-hydrogen) atoms. The van der Waals surface area contributed by atoms with Gasteiger partial charge in [-0.2, -0.15) is 0 Å². The third-order valence-electron chi connectivity index (χ3n) is 3.66. The highest BCUT2D eigenvalue weighted by Crippen LogP contribution is 2.20. The van der Waals surface area contributed by atoms with Crippen molar-refractivity contribution in [1.29, 1.82) is 0 Å². The van der Waals surface area contributed by atoms with Crippen molar-refractivity contribution in [3.05, 3.63) is 35.9 Å². The first-order valence-electron chi connectivity index (χ1n) is 6.75. The molecular formula is C15H22N2O. The molecule has 2 rings (SSSR count). The second kappa shape index (κ2) is 6.01. The summed E-state index contributed by atoms with van der Waals surface area (Å²) in [5.41, 5.74) is 7.14. The van der Waals surface area contributed by atoms with Gasteiger partial charge in [0, 0.05) is 25.6 Å². The molecule has 1 amide bonds. The second-order valence-electron chi connectivity index (χ2n) is 5.26. The van der Waals surface area contributed by atoms with Gasteiger partial charge >= 0.3 is 0 Å². The molecule has 1 saturated heterocycles. The number of nitrogens with zero attached hydrogens (tertiary/aromatic N) is 1. The molecule has 98 valence electrons. The van der Waals surface area contributed by atoms with Gasteiger partial charge in [-0.15, -0.1) is 0 Å². The predicted molar refractivity (Wildman–Crippen MR) is 73.3 cm³/mol. The molecule has 0 bridgehead atoms. The minimum atomic E-state index is 0.162. The van der Waals surface area contributed by atoms with Gasteiger partial charge in [0.2, 0.25) is 5.91 Å². The number of hydrogen-bond acceptors (Lipinski definition) is 2. The van der Waals surface area contributed by atoms with Crippen molar-refractivity contribution in [3.63, 3.8) is 0 Å². The first-order valence-corrected chi connectivity index (χ1v) is 6.75. The lowest BCUT2D eigenvalue weighted by Crippen LogP contribution is -2.45. The third-order valence-corrected chi connectivity index (χ3v) is 3.66. The van der Waals surface area contributed by atoms with Gasteiger partial charge < -0.3 is 10.6 Å². The molecule has 1 aliphatic rings. The van der Waals surface area contributed by atoms with Crippen LogP contribution in [0.3, 0.4) is 0 Å². The molecule has 1 fully saturated rings. The number of benzene rings is 1. The number of nitrogens with two attached hydrogens (primary N) is 1. The number of amides is 1. The molecule has 2 N–H and O–H groups in total. The van der Waals surface area contributed by atoms with Crippen LogP contribution in [0.2, 0.25) is 0 Å². The van der Waals surface area contributed by atoms with Crippen LogP contribution >= 0.6 is 0 Å². The third kappa shape index (κ3) is 3.33. The fraction of sp³-hybridized carbons (Fsp3) is 0.533. The smallest absolute Gasteiger partial charge is 0.223 e. The lowest BCUT2D eigenvalue weighted by molar-refractivity contribution is -0.132. The second-order valence-corrected chi connectivity index (χ2v) is 5.26. The van der Waals surface area contributed by atoms with Crippen molar-refractivity contribution in [1.82, 2.24) is 4.90 Å². The Kier molecular flexibility index (Phi) is 4.37. The zero-order chi connectivity index (χ0) is 13.0. The van der Waals surface area contributed by atoms with E-state index in [9.17, 15) is 4.79 Å². The maximum absolute atomic E-state index is 12.2. The van der Waals surface area contributed by atoms with Crippen LogP contribution in [0, 0.1) is 0 Å². The molecule has 1 aliphatic heterocycles. The fourth-order valence-corrected chi connectivity index (χ4v) is 2.53. The molecule has 1 aromatic carbocycles. The molecule has 0 aliphatic carbocycles. The van der Waals surface area contributed by atoms with E-state index in [1.807, 2.05) is 23.1 Å². The number of carbonyl (C=O) groups is 1. The highest BCUT2D eigenvalue weighted by Gasteiger charge is 2.22. The number of likely N-dealkylation sites (tertiary alicyclic amines) is 1. The summed E-state index contributed by atoms with van der Waals surface area (Å²) in [5, 5.41) is 0. The van der Waals surface area contributed by atoms with Crippen LogP contribution in [0.5, 0.6) is 0 Å². The van der Waals surface area contributed by atoms with Gasteiger partial charge in [-0.05, 0) is 24.3 Å². The number of piperidine rings is 1. The first kappa shape index (κ1) is 13.1. The maximum Gasteiger partial charge on any atom is 0.223 e. The van der Waals surface area contributed by atoms with Crippen LogP contribution in [-0.2, 0) is 4.79 Å². The zero-order valence-electron chi connectivity index (χ0n) is 11.0. The SMILES string of the molecule is CC(CC(=O)N1CCCC(N)C1)c1ccccc1. The number of rotatable bonds is 3. The molecule has 0 radical (unpaired) electrons. The molecule has 1 aromatic rings. The van der Waals surface area contributed by atoms with E-state index in [0.29, 0.717) is 6.42 Å². The molecule has 0 saturated carbocycles. The van der Waals surface area contributed by atoms with E-state index in [1.54, 1.807) is 0 Å². The minimum Gasteiger partial charge on any atom is -0.341 e. The Hall–Kier alpha value is -1.35. The van der Waals surface area contributed by atoms with Crippen LogP contribution in [-0.4, -0.2) is 29.9 Å².